The molecule has 3 aromatic rings. The van der Waals surface area contributed by atoms with Gasteiger partial charge in [0.15, 0.2) is 0 Å². The van der Waals surface area contributed by atoms with E-state index >= 15 is 0 Å². The van der Waals surface area contributed by atoms with E-state index in [9.17, 15) is 0 Å². The Hall–Kier alpha value is -2.83. The van der Waals surface area contributed by atoms with E-state index in [4.69, 9.17) is 14.2 Å². The van der Waals surface area contributed by atoms with Crippen molar-refractivity contribution in [3.05, 3.63) is 71.9 Å². The fraction of sp³-hybridized carbons (Fsp3) is 0.400. The number of ether oxygens (including phenoxy) is 1. The highest BCUT2D eigenvalue weighted by atomic mass is 16.5. The minimum atomic E-state index is 0.0459. The number of hydrogen-bond donors (Lipinski definition) is 0. The minimum Gasteiger partial charge on any atom is -0.377 e. The molecule has 2 fully saturated rings. The lowest BCUT2D eigenvalue weighted by Gasteiger charge is -2.40. The highest BCUT2D eigenvalue weighted by Gasteiger charge is 2.42. The standard InChI is InChI=1S/C25H26N4O2/c1-2-6-22-20(5-1)21(24-27-23(28-31-24)18-7-11-26-12-8-18)16-25(22)9-13-29(14-10-25)17-19-4-3-15-30-19/h1-2,5-8,11-12,16,19H,3-4,9-10,13-15,17H2. The summed E-state index contributed by atoms with van der Waals surface area (Å²) in [6.07, 6.45) is 10.9. The van der Waals surface area contributed by atoms with E-state index in [0.717, 1.165) is 50.2 Å². The van der Waals surface area contributed by atoms with Gasteiger partial charge < -0.3 is 14.2 Å². The van der Waals surface area contributed by atoms with Gasteiger partial charge in [0, 0.05) is 42.1 Å². The van der Waals surface area contributed by atoms with Crippen LogP contribution >= 0.6 is 0 Å². The first-order valence-corrected chi connectivity index (χ1v) is 11.2. The Bertz CT molecular complexity index is 1090. The lowest BCUT2D eigenvalue weighted by atomic mass is 9.74. The first-order valence-electron chi connectivity index (χ1n) is 11.2. The molecule has 1 atom stereocenters. The fourth-order valence-corrected chi connectivity index (χ4v) is 5.34. The molecule has 6 rings (SSSR count). The molecule has 2 aromatic heterocycles. The molecule has 6 heteroatoms. The van der Waals surface area contributed by atoms with Crippen LogP contribution in [0.4, 0.5) is 0 Å². The average molecular weight is 415 g/mol. The fourth-order valence-electron chi connectivity index (χ4n) is 5.34. The number of allylic oxidation sites excluding steroid dienone is 1. The number of rotatable bonds is 4. The largest absolute Gasteiger partial charge is 0.377 e. The molecule has 158 valence electrons. The molecule has 1 unspecified atom stereocenters. The molecule has 1 aromatic carbocycles. The van der Waals surface area contributed by atoms with Gasteiger partial charge in [0.25, 0.3) is 5.89 Å². The maximum atomic E-state index is 5.86. The Kier molecular flexibility index (Phi) is 4.69. The smallest absolute Gasteiger partial charge is 0.258 e. The number of likely N-dealkylation sites (tertiary alicyclic amines) is 1. The molecule has 0 bridgehead atoms. The van der Waals surface area contributed by atoms with Crippen molar-refractivity contribution in [2.45, 2.75) is 37.2 Å². The Morgan fingerprint density at radius 1 is 1.06 bits per heavy atom. The average Bonchev–Trinajstić information content (AvgIpc) is 3.57. The third-order valence-corrected chi connectivity index (χ3v) is 7.00. The predicted molar refractivity (Wildman–Crippen MR) is 117 cm³/mol. The number of piperidine rings is 1. The molecule has 31 heavy (non-hydrogen) atoms. The maximum absolute atomic E-state index is 5.86. The normalized spacial score (nSPS) is 22.6. The second-order valence-corrected chi connectivity index (χ2v) is 8.85. The van der Waals surface area contributed by atoms with E-state index < -0.39 is 0 Å². The van der Waals surface area contributed by atoms with Gasteiger partial charge in [-0.05, 0) is 62.0 Å². The molecule has 2 aliphatic heterocycles. The SMILES string of the molecule is C1=C(c2nc(-c3ccncc3)no2)c2ccccc2C12CCN(CC1CCCO1)CC2. The summed E-state index contributed by atoms with van der Waals surface area (Å²) in [6.45, 7) is 4.16. The molecule has 0 amide bonds. The third-order valence-electron chi connectivity index (χ3n) is 7.00. The topological polar surface area (TPSA) is 64.3 Å². The van der Waals surface area contributed by atoms with Gasteiger partial charge in [-0.3, -0.25) is 4.98 Å². The molecular formula is C25H26N4O2. The van der Waals surface area contributed by atoms with E-state index in [1.165, 1.54) is 24.0 Å². The Morgan fingerprint density at radius 2 is 1.90 bits per heavy atom. The van der Waals surface area contributed by atoms with E-state index in [0.29, 0.717) is 17.8 Å². The van der Waals surface area contributed by atoms with Crippen LogP contribution in [-0.4, -0.2) is 52.4 Å². The summed E-state index contributed by atoms with van der Waals surface area (Å²) in [5.41, 5.74) is 4.64. The predicted octanol–water partition coefficient (Wildman–Crippen LogP) is 4.09. The molecule has 0 N–H and O–H groups in total. The summed E-state index contributed by atoms with van der Waals surface area (Å²) < 4.78 is 11.6. The third kappa shape index (κ3) is 3.40. The van der Waals surface area contributed by atoms with Gasteiger partial charge in [-0.2, -0.15) is 4.98 Å². The number of hydrogen-bond acceptors (Lipinski definition) is 6. The van der Waals surface area contributed by atoms with Crippen LogP contribution in [0.15, 0.2) is 59.4 Å². The summed E-state index contributed by atoms with van der Waals surface area (Å²) in [4.78, 5) is 11.4. The van der Waals surface area contributed by atoms with Crippen molar-refractivity contribution >= 4 is 5.57 Å². The van der Waals surface area contributed by atoms with Crippen LogP contribution in [0, 0.1) is 0 Å². The molecule has 2 saturated heterocycles. The molecule has 0 saturated carbocycles. The van der Waals surface area contributed by atoms with Gasteiger partial charge in [0.05, 0.1) is 6.10 Å². The number of fused-ring (bicyclic) bond motifs is 2. The quantitative estimate of drug-likeness (QED) is 0.641. The van der Waals surface area contributed by atoms with E-state index in [1.807, 2.05) is 12.1 Å². The van der Waals surface area contributed by atoms with Crippen LogP contribution in [0.1, 0.15) is 42.7 Å². The summed E-state index contributed by atoms with van der Waals surface area (Å²) in [7, 11) is 0. The van der Waals surface area contributed by atoms with Gasteiger partial charge in [-0.1, -0.05) is 35.5 Å². The minimum absolute atomic E-state index is 0.0459. The summed E-state index contributed by atoms with van der Waals surface area (Å²) in [6, 6.07) is 12.5. The molecule has 3 aliphatic rings. The summed E-state index contributed by atoms with van der Waals surface area (Å²) in [5.74, 6) is 1.20. The van der Waals surface area contributed by atoms with Crippen LogP contribution < -0.4 is 0 Å². The molecule has 1 spiro atoms. The van der Waals surface area contributed by atoms with Gasteiger partial charge in [-0.25, -0.2) is 0 Å². The zero-order valence-corrected chi connectivity index (χ0v) is 17.5. The van der Waals surface area contributed by atoms with E-state index in [-0.39, 0.29) is 5.41 Å². The number of pyridine rings is 1. The lowest BCUT2D eigenvalue weighted by molar-refractivity contribution is 0.0597. The first kappa shape index (κ1) is 18.9. The Morgan fingerprint density at radius 3 is 2.71 bits per heavy atom. The Balaban J connectivity index is 1.28. The molecule has 0 radical (unpaired) electrons. The second-order valence-electron chi connectivity index (χ2n) is 8.85. The summed E-state index contributed by atoms with van der Waals surface area (Å²) >= 11 is 0. The highest BCUT2D eigenvalue weighted by molar-refractivity contribution is 5.84. The molecule has 6 nitrogen and oxygen atoms in total. The van der Waals surface area contributed by atoms with Crippen LogP contribution in [0.25, 0.3) is 17.0 Å². The monoisotopic (exact) mass is 414 g/mol. The van der Waals surface area contributed by atoms with Crippen LogP contribution in [0.2, 0.25) is 0 Å². The van der Waals surface area contributed by atoms with Crippen molar-refractivity contribution in [2.24, 2.45) is 0 Å². The molecular weight excluding hydrogens is 388 g/mol. The van der Waals surface area contributed by atoms with Crippen molar-refractivity contribution in [3.8, 4) is 11.4 Å². The van der Waals surface area contributed by atoms with Gasteiger partial charge in [0.2, 0.25) is 5.82 Å². The van der Waals surface area contributed by atoms with Gasteiger partial charge in [0.1, 0.15) is 0 Å². The van der Waals surface area contributed by atoms with E-state index in [2.05, 4.69) is 45.4 Å². The van der Waals surface area contributed by atoms with Crippen LogP contribution in [-0.2, 0) is 10.2 Å². The van der Waals surface area contributed by atoms with Crippen molar-refractivity contribution < 1.29 is 9.26 Å². The zero-order valence-electron chi connectivity index (χ0n) is 17.5. The lowest BCUT2D eigenvalue weighted by Crippen LogP contribution is -2.43. The van der Waals surface area contributed by atoms with Crippen molar-refractivity contribution in [2.75, 3.05) is 26.2 Å². The van der Waals surface area contributed by atoms with Crippen LogP contribution in [0.3, 0.4) is 0 Å². The summed E-state index contributed by atoms with van der Waals surface area (Å²) in [5, 5.41) is 4.23. The number of aromatic nitrogens is 3. The van der Waals surface area contributed by atoms with Gasteiger partial charge >= 0.3 is 0 Å². The van der Waals surface area contributed by atoms with Crippen molar-refractivity contribution in [1.82, 2.24) is 20.0 Å². The first-order chi connectivity index (χ1) is 15.3. The number of benzene rings is 1. The Labute approximate surface area is 181 Å². The van der Waals surface area contributed by atoms with Crippen molar-refractivity contribution in [3.63, 3.8) is 0 Å². The molecule has 4 heterocycles. The highest BCUT2D eigenvalue weighted by Crippen LogP contribution is 2.48. The van der Waals surface area contributed by atoms with Crippen LogP contribution in [0.5, 0.6) is 0 Å². The molecule has 1 aliphatic carbocycles. The van der Waals surface area contributed by atoms with Gasteiger partial charge in [-0.15, -0.1) is 0 Å². The zero-order chi connectivity index (χ0) is 20.7. The second kappa shape index (κ2) is 7.70. The van der Waals surface area contributed by atoms with Crippen molar-refractivity contribution in [1.29, 1.82) is 0 Å². The van der Waals surface area contributed by atoms with E-state index in [1.54, 1.807) is 12.4 Å². The maximum Gasteiger partial charge on any atom is 0.258 e. The number of nitrogens with zero attached hydrogens (tertiary/aromatic N) is 4.